The molecule has 0 aliphatic rings. The van der Waals surface area contributed by atoms with Crippen LogP contribution in [0.4, 0.5) is 4.79 Å². The van der Waals surface area contributed by atoms with Crippen LogP contribution in [-0.4, -0.2) is 48.2 Å². The highest BCUT2D eigenvalue weighted by Crippen LogP contribution is 2.23. The van der Waals surface area contributed by atoms with E-state index < -0.39 is 17.6 Å². The molecule has 0 fully saturated rings. The van der Waals surface area contributed by atoms with Crippen LogP contribution in [0.3, 0.4) is 0 Å². The fourth-order valence-electron chi connectivity index (χ4n) is 2.28. The van der Waals surface area contributed by atoms with Crippen molar-refractivity contribution < 1.29 is 19.1 Å². The highest BCUT2D eigenvalue weighted by Gasteiger charge is 2.41. The van der Waals surface area contributed by atoms with Gasteiger partial charge in [-0.15, -0.1) is 0 Å². The molecule has 0 atom stereocenters. The Kier molecular flexibility index (Phi) is 10.5. The maximum atomic E-state index is 12.6. The minimum absolute atomic E-state index is 0.163. The molecule has 0 heterocycles. The van der Waals surface area contributed by atoms with Gasteiger partial charge in [0, 0.05) is 0 Å². The minimum atomic E-state index is -1.05. The molecule has 1 rings (SSSR count). The molecule has 1 N–H and O–H groups in total. The van der Waals surface area contributed by atoms with Gasteiger partial charge in [-0.3, -0.25) is 0 Å². The lowest BCUT2D eigenvalue weighted by atomic mass is 9.93. The lowest BCUT2D eigenvalue weighted by Crippen LogP contribution is -2.56. The molecule has 0 unspecified atom stereocenters. The summed E-state index contributed by atoms with van der Waals surface area (Å²) in [5, 5.41) is 2.79. The Hall–Kier alpha value is -1.34. The van der Waals surface area contributed by atoms with Gasteiger partial charge in [-0.25, -0.2) is 9.59 Å². The van der Waals surface area contributed by atoms with Crippen LogP contribution in [-0.2, 0) is 20.9 Å². The van der Waals surface area contributed by atoms with E-state index in [1.54, 1.807) is 30.4 Å². The number of benzene rings is 1. The third kappa shape index (κ3) is 7.61. The first-order valence-electron chi connectivity index (χ1n) is 8.22. The number of esters is 1. The summed E-state index contributed by atoms with van der Waals surface area (Å²) < 4.78 is 10.5. The zero-order valence-electron chi connectivity index (χ0n) is 15.1. The molecule has 0 aliphatic carbocycles. The molecule has 140 valence electrons. The second-order valence-electron chi connectivity index (χ2n) is 5.47. The second-order valence-corrected chi connectivity index (χ2v) is 7.45. The first-order valence-corrected chi connectivity index (χ1v) is 11.0. The number of alkyl carbamates (subject to hydrolysis) is 1. The van der Waals surface area contributed by atoms with E-state index in [4.69, 9.17) is 9.47 Å². The monoisotopic (exact) mass is 385 g/mol. The van der Waals surface area contributed by atoms with Crippen molar-refractivity contribution >= 4 is 35.6 Å². The predicted molar refractivity (Wildman–Crippen MR) is 105 cm³/mol. The van der Waals surface area contributed by atoms with Crippen molar-refractivity contribution in [2.24, 2.45) is 0 Å². The highest BCUT2D eigenvalue weighted by atomic mass is 32.2. The van der Waals surface area contributed by atoms with Crippen LogP contribution in [0, 0.1) is 0 Å². The van der Waals surface area contributed by atoms with E-state index in [9.17, 15) is 9.59 Å². The largest absolute Gasteiger partial charge is 0.464 e. The summed E-state index contributed by atoms with van der Waals surface area (Å²) in [5.74, 6) is 1.09. The van der Waals surface area contributed by atoms with Gasteiger partial charge in [0.25, 0.3) is 0 Å². The van der Waals surface area contributed by atoms with E-state index >= 15 is 0 Å². The zero-order valence-corrected chi connectivity index (χ0v) is 16.7. The first kappa shape index (κ1) is 21.7. The summed E-state index contributed by atoms with van der Waals surface area (Å²) in [7, 11) is 0. The highest BCUT2D eigenvalue weighted by molar-refractivity contribution is 7.98. The van der Waals surface area contributed by atoms with E-state index in [2.05, 4.69) is 5.32 Å². The molecule has 0 spiro atoms. The van der Waals surface area contributed by atoms with Crippen molar-refractivity contribution in [3.05, 3.63) is 35.9 Å². The molecule has 5 nitrogen and oxygen atoms in total. The molecule has 1 amide bonds. The molecule has 0 radical (unpaired) electrons. The SMILES string of the molecule is CCOC(=O)C(CCSC)(CCSC)NC(=O)OCc1ccccc1. The topological polar surface area (TPSA) is 64.6 Å². The summed E-state index contributed by atoms with van der Waals surface area (Å²) >= 11 is 3.26. The number of carbonyl (C=O) groups excluding carboxylic acids is 2. The Morgan fingerprint density at radius 3 is 2.16 bits per heavy atom. The van der Waals surface area contributed by atoms with Crippen LogP contribution in [0.2, 0.25) is 0 Å². The standard InChI is InChI=1S/C18H27NO4S2/c1-4-22-16(20)18(10-12-24-2,11-13-25-3)19-17(21)23-14-15-8-6-5-7-9-15/h5-9H,4,10-14H2,1-3H3,(H,19,21). The van der Waals surface area contributed by atoms with Crippen molar-refractivity contribution in [2.75, 3.05) is 30.6 Å². The second kappa shape index (κ2) is 12.1. The first-order chi connectivity index (χ1) is 12.1. The Labute approximate surface area is 158 Å². The lowest BCUT2D eigenvalue weighted by Gasteiger charge is -2.31. The predicted octanol–water partition coefficient (Wildman–Crippen LogP) is 3.72. The molecule has 0 aliphatic heterocycles. The molecule has 25 heavy (non-hydrogen) atoms. The van der Waals surface area contributed by atoms with Crippen molar-refractivity contribution in [1.29, 1.82) is 0 Å². The Bertz CT molecular complexity index is 517. The number of carbonyl (C=O) groups is 2. The molecule has 0 saturated heterocycles. The van der Waals surface area contributed by atoms with Crippen LogP contribution in [0.25, 0.3) is 0 Å². The van der Waals surface area contributed by atoms with Crippen LogP contribution in [0.5, 0.6) is 0 Å². The lowest BCUT2D eigenvalue weighted by molar-refractivity contribution is -0.151. The number of amides is 1. The number of thioether (sulfide) groups is 2. The number of hydrogen-bond acceptors (Lipinski definition) is 6. The van der Waals surface area contributed by atoms with Crippen molar-refractivity contribution in [2.45, 2.75) is 31.9 Å². The van der Waals surface area contributed by atoms with E-state index in [1.807, 2.05) is 42.8 Å². The van der Waals surface area contributed by atoms with E-state index in [0.29, 0.717) is 12.8 Å². The Balaban J connectivity index is 2.80. The molecule has 1 aromatic rings. The Morgan fingerprint density at radius 1 is 1.04 bits per heavy atom. The summed E-state index contributed by atoms with van der Waals surface area (Å²) in [6, 6.07) is 9.44. The average molecular weight is 386 g/mol. The smallest absolute Gasteiger partial charge is 0.408 e. The van der Waals surface area contributed by atoms with Gasteiger partial charge in [0.2, 0.25) is 0 Å². The normalized spacial score (nSPS) is 11.0. The van der Waals surface area contributed by atoms with Gasteiger partial charge in [-0.1, -0.05) is 30.3 Å². The van der Waals surface area contributed by atoms with Crippen LogP contribution in [0.1, 0.15) is 25.3 Å². The molecular formula is C18H27NO4S2. The van der Waals surface area contributed by atoms with Crippen molar-refractivity contribution in [3.8, 4) is 0 Å². The number of ether oxygens (including phenoxy) is 2. The molecule has 0 bridgehead atoms. The quantitative estimate of drug-likeness (QED) is 0.586. The van der Waals surface area contributed by atoms with Crippen LogP contribution in [0.15, 0.2) is 30.3 Å². The Morgan fingerprint density at radius 2 is 1.64 bits per heavy atom. The summed E-state index contributed by atoms with van der Waals surface area (Å²) in [4.78, 5) is 24.9. The molecule has 7 heteroatoms. The number of nitrogens with one attached hydrogen (secondary N) is 1. The summed E-state index contributed by atoms with van der Waals surface area (Å²) in [6.07, 6.45) is 4.36. The third-order valence-corrected chi connectivity index (χ3v) is 4.91. The average Bonchev–Trinajstić information content (AvgIpc) is 2.63. The molecule has 0 aromatic heterocycles. The molecule has 1 aromatic carbocycles. The summed E-state index contributed by atoms with van der Waals surface area (Å²) in [5.41, 5.74) is -0.150. The van der Waals surface area contributed by atoms with Crippen molar-refractivity contribution in [3.63, 3.8) is 0 Å². The summed E-state index contributed by atoms with van der Waals surface area (Å²) in [6.45, 7) is 2.20. The van der Waals surface area contributed by atoms with Gasteiger partial charge in [0.1, 0.15) is 12.1 Å². The van der Waals surface area contributed by atoms with E-state index in [-0.39, 0.29) is 13.2 Å². The van der Waals surface area contributed by atoms with E-state index in [0.717, 1.165) is 17.1 Å². The van der Waals surface area contributed by atoms with Crippen molar-refractivity contribution in [1.82, 2.24) is 5.32 Å². The van der Waals surface area contributed by atoms with Gasteiger partial charge in [-0.05, 0) is 49.3 Å². The number of rotatable bonds is 11. The maximum Gasteiger partial charge on any atom is 0.408 e. The van der Waals surface area contributed by atoms with Gasteiger partial charge in [0.05, 0.1) is 6.61 Å². The van der Waals surface area contributed by atoms with Crippen LogP contribution >= 0.6 is 23.5 Å². The minimum Gasteiger partial charge on any atom is -0.464 e. The maximum absolute atomic E-state index is 12.6. The van der Waals surface area contributed by atoms with Crippen LogP contribution < -0.4 is 5.32 Å². The number of hydrogen-bond donors (Lipinski definition) is 1. The van der Waals surface area contributed by atoms with Gasteiger partial charge >= 0.3 is 12.1 Å². The zero-order chi connectivity index (χ0) is 18.5. The fourth-order valence-corrected chi connectivity index (χ4v) is 3.39. The molecular weight excluding hydrogens is 358 g/mol. The van der Waals surface area contributed by atoms with Gasteiger partial charge < -0.3 is 14.8 Å². The third-order valence-electron chi connectivity index (χ3n) is 3.69. The molecule has 0 saturated carbocycles. The fraction of sp³-hybridized carbons (Fsp3) is 0.556. The van der Waals surface area contributed by atoms with Gasteiger partial charge in [0.15, 0.2) is 0 Å². The van der Waals surface area contributed by atoms with Gasteiger partial charge in [-0.2, -0.15) is 23.5 Å². The van der Waals surface area contributed by atoms with E-state index in [1.165, 1.54) is 0 Å².